The van der Waals surface area contributed by atoms with E-state index in [2.05, 4.69) is 38.1 Å². The lowest BCUT2D eigenvalue weighted by molar-refractivity contribution is 0.189. The molecule has 4 nitrogen and oxygen atoms in total. The number of ether oxygens (including phenoxy) is 1. The molecule has 0 bridgehead atoms. The first kappa shape index (κ1) is 10.7. The van der Waals surface area contributed by atoms with Crippen molar-refractivity contribution >= 4 is 22.6 Å². The summed E-state index contributed by atoms with van der Waals surface area (Å²) in [4.78, 5) is 0. The monoisotopic (exact) mass is 331 g/mol. The molecule has 0 amide bonds. The van der Waals surface area contributed by atoms with Crippen molar-refractivity contribution in [1.29, 1.82) is 0 Å². The van der Waals surface area contributed by atoms with Crippen LogP contribution < -0.4 is 10.1 Å². The Kier molecular flexibility index (Phi) is 2.97. The van der Waals surface area contributed by atoms with E-state index in [1.165, 1.54) is 0 Å². The minimum atomic E-state index is 0.339. The summed E-state index contributed by atoms with van der Waals surface area (Å²) in [5.74, 6) is 2.28. The summed E-state index contributed by atoms with van der Waals surface area (Å²) >= 11 is 2.15. The first-order valence-electron chi connectivity index (χ1n) is 5.68. The summed E-state index contributed by atoms with van der Waals surface area (Å²) in [6.45, 7) is 2.31. The maximum atomic E-state index is 5.86. The van der Waals surface area contributed by atoms with Gasteiger partial charge in [-0.25, -0.2) is 0 Å². The molecule has 0 aromatic carbocycles. The molecular weight excluding hydrogens is 317 g/mol. The third-order valence-corrected chi connectivity index (χ3v) is 4.08. The van der Waals surface area contributed by atoms with E-state index in [9.17, 15) is 0 Å². The zero-order valence-electron chi connectivity index (χ0n) is 8.90. The molecule has 1 aromatic rings. The average molecular weight is 331 g/mol. The fourth-order valence-corrected chi connectivity index (χ4v) is 3.03. The number of hydrogen-bond acceptors (Lipinski definition) is 4. The zero-order valence-corrected chi connectivity index (χ0v) is 11.1. The Morgan fingerprint density at radius 2 is 1.94 bits per heavy atom. The third-order valence-electron chi connectivity index (χ3n) is 3.51. The lowest BCUT2D eigenvalue weighted by atomic mass is 10.0. The van der Waals surface area contributed by atoms with Crippen molar-refractivity contribution in [1.82, 2.24) is 15.5 Å². The van der Waals surface area contributed by atoms with Gasteiger partial charge in [-0.05, 0) is 66.4 Å². The van der Waals surface area contributed by atoms with E-state index in [4.69, 9.17) is 4.74 Å². The van der Waals surface area contributed by atoms with Gasteiger partial charge in [0.1, 0.15) is 9.80 Å². The smallest absolute Gasteiger partial charge is 0.233 e. The maximum Gasteiger partial charge on any atom is 0.233 e. The molecule has 1 saturated heterocycles. The number of aromatic nitrogens is 2. The predicted molar refractivity (Wildman–Crippen MR) is 68.2 cm³/mol. The first-order valence-corrected chi connectivity index (χ1v) is 6.76. The minimum Gasteiger partial charge on any atom is -0.473 e. The Labute approximate surface area is 108 Å². The SMILES string of the molecule is Ic1ccc(O[C@H]2C[C@H]3CNC[C@H]3C2)nn1. The molecule has 2 aliphatic rings. The summed E-state index contributed by atoms with van der Waals surface area (Å²) in [6.07, 6.45) is 2.66. The van der Waals surface area contributed by atoms with Gasteiger partial charge in [-0.2, -0.15) is 0 Å². The molecule has 0 radical (unpaired) electrons. The second-order valence-electron chi connectivity index (χ2n) is 4.58. The Morgan fingerprint density at radius 1 is 1.19 bits per heavy atom. The second kappa shape index (κ2) is 4.44. The van der Waals surface area contributed by atoms with E-state index >= 15 is 0 Å². The van der Waals surface area contributed by atoms with Gasteiger partial charge in [0, 0.05) is 6.07 Å². The molecule has 0 unspecified atom stereocenters. The molecule has 16 heavy (non-hydrogen) atoms. The van der Waals surface area contributed by atoms with E-state index in [0.29, 0.717) is 12.0 Å². The quantitative estimate of drug-likeness (QED) is 0.834. The molecule has 2 fully saturated rings. The van der Waals surface area contributed by atoms with Gasteiger partial charge in [-0.1, -0.05) is 0 Å². The number of nitrogens with zero attached hydrogens (tertiary/aromatic N) is 2. The topological polar surface area (TPSA) is 47.0 Å². The lowest BCUT2D eigenvalue weighted by Crippen LogP contribution is -2.19. The minimum absolute atomic E-state index is 0.339. The van der Waals surface area contributed by atoms with Crippen LogP contribution in [0.3, 0.4) is 0 Å². The van der Waals surface area contributed by atoms with E-state index in [0.717, 1.165) is 41.5 Å². The van der Waals surface area contributed by atoms with Crippen molar-refractivity contribution in [3.63, 3.8) is 0 Å². The Morgan fingerprint density at radius 3 is 2.56 bits per heavy atom. The molecule has 1 aromatic heterocycles. The van der Waals surface area contributed by atoms with Gasteiger partial charge in [0.25, 0.3) is 0 Å². The van der Waals surface area contributed by atoms with Crippen LogP contribution in [0.5, 0.6) is 5.88 Å². The van der Waals surface area contributed by atoms with Crippen LogP contribution in [-0.4, -0.2) is 29.4 Å². The normalized spacial score (nSPS) is 32.7. The molecule has 3 rings (SSSR count). The van der Waals surface area contributed by atoms with Crippen molar-refractivity contribution in [2.24, 2.45) is 11.8 Å². The molecule has 1 aliphatic carbocycles. The van der Waals surface area contributed by atoms with Gasteiger partial charge < -0.3 is 10.1 Å². The van der Waals surface area contributed by atoms with Crippen LogP contribution in [0.1, 0.15) is 12.8 Å². The molecule has 2 heterocycles. The van der Waals surface area contributed by atoms with Crippen LogP contribution >= 0.6 is 22.6 Å². The Bertz CT molecular complexity index is 358. The highest BCUT2D eigenvalue weighted by Gasteiger charge is 2.38. The molecule has 3 atom stereocenters. The lowest BCUT2D eigenvalue weighted by Gasteiger charge is -2.13. The van der Waals surface area contributed by atoms with Gasteiger partial charge in [-0.3, -0.25) is 0 Å². The van der Waals surface area contributed by atoms with Crippen molar-refractivity contribution in [3.05, 3.63) is 15.8 Å². The number of rotatable bonds is 2. The van der Waals surface area contributed by atoms with Gasteiger partial charge in [0.05, 0.1) is 0 Å². The van der Waals surface area contributed by atoms with Crippen molar-refractivity contribution in [2.75, 3.05) is 13.1 Å². The molecule has 86 valence electrons. The van der Waals surface area contributed by atoms with Crippen LogP contribution in [0.4, 0.5) is 0 Å². The Hall–Kier alpha value is -0.430. The van der Waals surface area contributed by atoms with E-state index < -0.39 is 0 Å². The van der Waals surface area contributed by atoms with E-state index in [1.54, 1.807) is 0 Å². The second-order valence-corrected chi connectivity index (χ2v) is 5.69. The van der Waals surface area contributed by atoms with Crippen LogP contribution in [0.25, 0.3) is 0 Å². The van der Waals surface area contributed by atoms with Crippen molar-refractivity contribution in [3.8, 4) is 5.88 Å². The summed E-state index contributed by atoms with van der Waals surface area (Å²) in [5.41, 5.74) is 0. The molecule has 1 aliphatic heterocycles. The number of hydrogen-bond donors (Lipinski definition) is 1. The maximum absolute atomic E-state index is 5.86. The molecule has 0 spiro atoms. The molecule has 1 N–H and O–H groups in total. The highest BCUT2D eigenvalue weighted by atomic mass is 127. The summed E-state index contributed by atoms with van der Waals surface area (Å²) in [6, 6.07) is 3.83. The molecule has 1 saturated carbocycles. The Balaban J connectivity index is 1.62. The standard InChI is InChI=1S/C11H14IN3O/c12-10-1-2-11(15-14-10)16-9-3-7-5-13-6-8(7)4-9/h1-2,7-9,13H,3-6H2/t7-,8+,9-. The van der Waals surface area contributed by atoms with Crippen LogP contribution in [0, 0.1) is 15.5 Å². The highest BCUT2D eigenvalue weighted by molar-refractivity contribution is 14.1. The number of halogens is 1. The number of nitrogens with one attached hydrogen (secondary N) is 1. The third kappa shape index (κ3) is 2.15. The largest absolute Gasteiger partial charge is 0.473 e. The zero-order chi connectivity index (χ0) is 11.0. The fraction of sp³-hybridized carbons (Fsp3) is 0.636. The van der Waals surface area contributed by atoms with E-state index in [1.807, 2.05) is 12.1 Å². The number of fused-ring (bicyclic) bond motifs is 1. The first-order chi connectivity index (χ1) is 7.81. The van der Waals surface area contributed by atoms with Crippen LogP contribution in [0.2, 0.25) is 0 Å². The van der Waals surface area contributed by atoms with Crippen molar-refractivity contribution < 1.29 is 4.74 Å². The van der Waals surface area contributed by atoms with Gasteiger partial charge in [-0.15, -0.1) is 10.2 Å². The predicted octanol–water partition coefficient (Wildman–Crippen LogP) is 1.46. The molecular formula is C11H14IN3O. The van der Waals surface area contributed by atoms with Crippen LogP contribution in [-0.2, 0) is 0 Å². The van der Waals surface area contributed by atoms with Crippen LogP contribution in [0.15, 0.2) is 12.1 Å². The van der Waals surface area contributed by atoms with Gasteiger partial charge in [0.15, 0.2) is 0 Å². The summed E-state index contributed by atoms with van der Waals surface area (Å²) in [7, 11) is 0. The van der Waals surface area contributed by atoms with Gasteiger partial charge >= 0.3 is 0 Å². The average Bonchev–Trinajstić information content (AvgIpc) is 2.81. The molecule has 5 heteroatoms. The fourth-order valence-electron chi connectivity index (χ4n) is 2.74. The van der Waals surface area contributed by atoms with Gasteiger partial charge in [0.2, 0.25) is 5.88 Å². The van der Waals surface area contributed by atoms with E-state index in [-0.39, 0.29) is 0 Å². The van der Waals surface area contributed by atoms with Crippen molar-refractivity contribution in [2.45, 2.75) is 18.9 Å². The summed E-state index contributed by atoms with van der Waals surface area (Å²) in [5, 5.41) is 11.5. The highest BCUT2D eigenvalue weighted by Crippen LogP contribution is 2.36. The summed E-state index contributed by atoms with van der Waals surface area (Å²) < 4.78 is 6.76.